The van der Waals surface area contributed by atoms with Crippen LogP contribution in [0.15, 0.2) is 48.5 Å². The maximum Gasteiger partial charge on any atom is 0.338 e. The van der Waals surface area contributed by atoms with Crippen LogP contribution in [0.1, 0.15) is 20.7 Å². The van der Waals surface area contributed by atoms with Crippen molar-refractivity contribution in [2.24, 2.45) is 0 Å². The van der Waals surface area contributed by atoms with Crippen molar-refractivity contribution in [3.63, 3.8) is 0 Å². The number of carbonyl (C=O) groups is 2. The topological polar surface area (TPSA) is 76.7 Å². The van der Waals surface area contributed by atoms with E-state index in [1.54, 1.807) is 24.3 Å². The summed E-state index contributed by atoms with van der Waals surface area (Å²) in [6, 6.07) is 14.4. The highest BCUT2D eigenvalue weighted by Gasteiger charge is 2.16. The summed E-state index contributed by atoms with van der Waals surface area (Å²) >= 11 is 0. The Morgan fingerprint density at radius 3 is 2.65 bits per heavy atom. The van der Waals surface area contributed by atoms with Crippen molar-refractivity contribution in [2.45, 2.75) is 6.10 Å². The van der Waals surface area contributed by atoms with Crippen LogP contribution in [0.2, 0.25) is 0 Å². The number of esters is 1. The molecule has 6 nitrogen and oxygen atoms in total. The molecule has 0 unspecified atom stereocenters. The van der Waals surface area contributed by atoms with Crippen LogP contribution < -0.4 is 10.6 Å². The van der Waals surface area contributed by atoms with Crippen LogP contribution in [0, 0.1) is 0 Å². The van der Waals surface area contributed by atoms with Gasteiger partial charge in [0.05, 0.1) is 25.4 Å². The van der Waals surface area contributed by atoms with Gasteiger partial charge >= 0.3 is 5.97 Å². The Kier molecular flexibility index (Phi) is 5.99. The number of rotatable bonds is 5. The molecule has 26 heavy (non-hydrogen) atoms. The zero-order valence-electron chi connectivity index (χ0n) is 14.7. The molecule has 1 fully saturated rings. The summed E-state index contributed by atoms with van der Waals surface area (Å²) in [6.45, 7) is 2.72. The summed E-state index contributed by atoms with van der Waals surface area (Å²) in [5.74, 6) is -0.532. The van der Waals surface area contributed by atoms with Crippen molar-refractivity contribution in [2.75, 3.05) is 33.4 Å². The Morgan fingerprint density at radius 2 is 1.96 bits per heavy atom. The van der Waals surface area contributed by atoms with E-state index in [-0.39, 0.29) is 18.0 Å². The van der Waals surface area contributed by atoms with Crippen molar-refractivity contribution in [1.29, 1.82) is 0 Å². The van der Waals surface area contributed by atoms with Gasteiger partial charge in [0.1, 0.15) is 0 Å². The minimum Gasteiger partial charge on any atom is -0.465 e. The van der Waals surface area contributed by atoms with Crippen LogP contribution in [-0.2, 0) is 9.47 Å². The van der Waals surface area contributed by atoms with Gasteiger partial charge in [-0.1, -0.05) is 30.3 Å². The maximum absolute atomic E-state index is 12.3. The van der Waals surface area contributed by atoms with Gasteiger partial charge in [-0.15, -0.1) is 0 Å². The normalized spacial score (nSPS) is 16.7. The molecule has 1 amide bonds. The van der Waals surface area contributed by atoms with Gasteiger partial charge < -0.3 is 20.1 Å². The lowest BCUT2D eigenvalue weighted by molar-refractivity contribution is 0.0287. The number of benzene rings is 2. The van der Waals surface area contributed by atoms with Gasteiger partial charge in [-0.2, -0.15) is 0 Å². The van der Waals surface area contributed by atoms with Crippen molar-refractivity contribution < 1.29 is 19.1 Å². The Hall–Kier alpha value is -2.70. The van der Waals surface area contributed by atoms with Gasteiger partial charge in [-0.25, -0.2) is 4.79 Å². The number of amides is 1. The van der Waals surface area contributed by atoms with E-state index in [0.717, 1.165) is 24.2 Å². The third-order valence-corrected chi connectivity index (χ3v) is 4.29. The Morgan fingerprint density at radius 1 is 1.19 bits per heavy atom. The fraction of sp³-hybridized carbons (Fsp3) is 0.300. The Labute approximate surface area is 152 Å². The molecule has 0 spiro atoms. The van der Waals surface area contributed by atoms with E-state index in [0.29, 0.717) is 24.3 Å². The number of methoxy groups -OCH3 is 1. The summed E-state index contributed by atoms with van der Waals surface area (Å²) in [5, 5.41) is 6.12. The number of carbonyl (C=O) groups excluding carboxylic acids is 2. The first-order valence-corrected chi connectivity index (χ1v) is 8.57. The van der Waals surface area contributed by atoms with Crippen LogP contribution >= 0.6 is 0 Å². The van der Waals surface area contributed by atoms with Crippen LogP contribution in [0.5, 0.6) is 0 Å². The number of hydrogen-bond donors (Lipinski definition) is 2. The first-order valence-electron chi connectivity index (χ1n) is 8.57. The second-order valence-corrected chi connectivity index (χ2v) is 6.02. The average Bonchev–Trinajstić information content (AvgIpc) is 2.72. The van der Waals surface area contributed by atoms with Gasteiger partial charge in [0.2, 0.25) is 0 Å². The molecule has 0 saturated carbocycles. The standard InChI is InChI=1S/C20H22N2O4/c1-25-20(24)18-5-3-2-4-17(18)14-6-8-15(9-7-14)19(23)22-13-16-12-21-10-11-26-16/h2-9,16,21H,10-13H2,1H3,(H,22,23)/t16-/m0/s1. The van der Waals surface area contributed by atoms with E-state index in [1.807, 2.05) is 24.3 Å². The largest absolute Gasteiger partial charge is 0.465 e. The van der Waals surface area contributed by atoms with E-state index < -0.39 is 0 Å². The molecule has 2 aromatic carbocycles. The molecular formula is C20H22N2O4. The van der Waals surface area contributed by atoms with E-state index >= 15 is 0 Å². The quantitative estimate of drug-likeness (QED) is 0.802. The molecule has 3 rings (SSSR count). The van der Waals surface area contributed by atoms with Crippen LogP contribution in [0.4, 0.5) is 0 Å². The number of ether oxygens (including phenoxy) is 2. The molecule has 0 aromatic heterocycles. The van der Waals surface area contributed by atoms with Gasteiger partial charge in [-0.05, 0) is 29.3 Å². The van der Waals surface area contributed by atoms with E-state index in [4.69, 9.17) is 9.47 Å². The van der Waals surface area contributed by atoms with Crippen molar-refractivity contribution in [1.82, 2.24) is 10.6 Å². The number of nitrogens with one attached hydrogen (secondary N) is 2. The van der Waals surface area contributed by atoms with Crippen molar-refractivity contribution in [3.8, 4) is 11.1 Å². The van der Waals surface area contributed by atoms with Gasteiger partial charge in [-0.3, -0.25) is 4.79 Å². The maximum atomic E-state index is 12.3. The molecule has 0 radical (unpaired) electrons. The molecule has 1 aliphatic heterocycles. The van der Waals surface area contributed by atoms with E-state index in [9.17, 15) is 9.59 Å². The highest BCUT2D eigenvalue weighted by atomic mass is 16.5. The lowest BCUT2D eigenvalue weighted by Crippen LogP contribution is -2.45. The summed E-state index contributed by atoms with van der Waals surface area (Å²) in [7, 11) is 1.36. The first kappa shape index (κ1) is 18.1. The van der Waals surface area contributed by atoms with Crippen LogP contribution in [0.3, 0.4) is 0 Å². The van der Waals surface area contributed by atoms with E-state index in [2.05, 4.69) is 10.6 Å². The highest BCUT2D eigenvalue weighted by Crippen LogP contribution is 2.24. The zero-order chi connectivity index (χ0) is 18.4. The van der Waals surface area contributed by atoms with Crippen molar-refractivity contribution in [3.05, 3.63) is 59.7 Å². The first-order chi connectivity index (χ1) is 12.7. The lowest BCUT2D eigenvalue weighted by atomic mass is 9.98. The van der Waals surface area contributed by atoms with Crippen LogP contribution in [0.25, 0.3) is 11.1 Å². The zero-order valence-corrected chi connectivity index (χ0v) is 14.7. The monoisotopic (exact) mass is 354 g/mol. The summed E-state index contributed by atoms with van der Waals surface area (Å²) in [5.41, 5.74) is 2.68. The predicted molar refractivity (Wildman–Crippen MR) is 98.2 cm³/mol. The minimum absolute atomic E-state index is 0.00101. The summed E-state index contributed by atoms with van der Waals surface area (Å²) in [6.07, 6.45) is -0.00101. The van der Waals surface area contributed by atoms with E-state index in [1.165, 1.54) is 7.11 Å². The summed E-state index contributed by atoms with van der Waals surface area (Å²) in [4.78, 5) is 24.2. The molecule has 0 bridgehead atoms. The van der Waals surface area contributed by atoms with Gasteiger partial charge in [0.15, 0.2) is 0 Å². The smallest absolute Gasteiger partial charge is 0.338 e. The van der Waals surface area contributed by atoms with Crippen molar-refractivity contribution >= 4 is 11.9 Å². The second kappa shape index (κ2) is 8.60. The highest BCUT2D eigenvalue weighted by molar-refractivity contribution is 5.98. The van der Waals surface area contributed by atoms with Gasteiger partial charge in [0, 0.05) is 25.2 Å². The summed E-state index contributed by atoms with van der Waals surface area (Å²) < 4.78 is 10.4. The third-order valence-electron chi connectivity index (χ3n) is 4.29. The molecular weight excluding hydrogens is 332 g/mol. The molecule has 1 saturated heterocycles. The molecule has 6 heteroatoms. The Bertz CT molecular complexity index is 768. The molecule has 0 aliphatic carbocycles. The fourth-order valence-electron chi connectivity index (χ4n) is 2.88. The molecule has 2 N–H and O–H groups in total. The fourth-order valence-corrected chi connectivity index (χ4v) is 2.88. The number of morpholine rings is 1. The second-order valence-electron chi connectivity index (χ2n) is 6.02. The Balaban J connectivity index is 1.68. The third kappa shape index (κ3) is 4.28. The molecule has 2 aromatic rings. The predicted octanol–water partition coefficient (Wildman–Crippen LogP) is 1.86. The van der Waals surface area contributed by atoms with Crippen LogP contribution in [-0.4, -0.2) is 51.3 Å². The molecule has 1 atom stereocenters. The number of hydrogen-bond acceptors (Lipinski definition) is 5. The molecule has 136 valence electrons. The minimum atomic E-state index is -0.386. The van der Waals surface area contributed by atoms with Gasteiger partial charge in [0.25, 0.3) is 5.91 Å². The molecule has 1 heterocycles. The average molecular weight is 354 g/mol. The lowest BCUT2D eigenvalue weighted by Gasteiger charge is -2.23. The SMILES string of the molecule is COC(=O)c1ccccc1-c1ccc(C(=O)NC[C@@H]2CNCCO2)cc1. The molecule has 1 aliphatic rings.